The van der Waals surface area contributed by atoms with Crippen LogP contribution in [0.1, 0.15) is 5.56 Å². The van der Waals surface area contributed by atoms with Crippen LogP contribution in [0.25, 0.3) is 16.9 Å². The molecule has 0 atom stereocenters. The maximum absolute atomic E-state index is 13.5. The Bertz CT molecular complexity index is 1050. The second-order valence-electron chi connectivity index (χ2n) is 5.86. The van der Waals surface area contributed by atoms with E-state index < -0.39 is 5.82 Å². The SMILES string of the molecule is Oc1ccc(CCNc2cc(-c3cncc(F)c3)nc3ccnn23)cc1. The van der Waals surface area contributed by atoms with E-state index in [9.17, 15) is 9.50 Å². The predicted octanol–water partition coefficient (Wildman–Crippen LogP) is 3.29. The Morgan fingerprint density at radius 2 is 1.92 bits per heavy atom. The van der Waals surface area contributed by atoms with Crippen LogP contribution in [0.15, 0.2) is 61.1 Å². The van der Waals surface area contributed by atoms with Crippen molar-refractivity contribution in [1.29, 1.82) is 0 Å². The van der Waals surface area contributed by atoms with Crippen LogP contribution in [0.2, 0.25) is 0 Å². The third-order valence-electron chi connectivity index (χ3n) is 4.02. The van der Waals surface area contributed by atoms with Gasteiger partial charge in [-0.3, -0.25) is 4.98 Å². The highest BCUT2D eigenvalue weighted by molar-refractivity contribution is 5.65. The highest BCUT2D eigenvalue weighted by Gasteiger charge is 2.09. The van der Waals surface area contributed by atoms with Crippen molar-refractivity contribution in [2.45, 2.75) is 6.42 Å². The van der Waals surface area contributed by atoms with Crippen molar-refractivity contribution in [1.82, 2.24) is 19.6 Å². The van der Waals surface area contributed by atoms with E-state index in [4.69, 9.17) is 0 Å². The van der Waals surface area contributed by atoms with Gasteiger partial charge in [0.1, 0.15) is 17.4 Å². The Labute approximate surface area is 149 Å². The Morgan fingerprint density at radius 1 is 1.08 bits per heavy atom. The molecular weight excluding hydrogens is 333 g/mol. The Morgan fingerprint density at radius 3 is 2.73 bits per heavy atom. The summed E-state index contributed by atoms with van der Waals surface area (Å²) in [5.74, 6) is 0.611. The van der Waals surface area contributed by atoms with Gasteiger partial charge in [-0.15, -0.1) is 0 Å². The number of hydrogen-bond donors (Lipinski definition) is 2. The lowest BCUT2D eigenvalue weighted by Crippen LogP contribution is -2.10. The smallest absolute Gasteiger partial charge is 0.157 e. The molecule has 0 amide bonds. The molecule has 3 aromatic heterocycles. The van der Waals surface area contributed by atoms with E-state index >= 15 is 0 Å². The number of hydrogen-bond acceptors (Lipinski definition) is 5. The standard InChI is InChI=1S/C19H16FN5O/c20-15-9-14(11-21-12-15)17-10-19(25-18(24-17)6-8-23-25)22-7-5-13-1-3-16(26)4-2-13/h1-4,6,8-12,22,26H,5,7H2. The van der Waals surface area contributed by atoms with E-state index in [0.717, 1.165) is 24.0 Å². The van der Waals surface area contributed by atoms with E-state index in [1.54, 1.807) is 35.1 Å². The van der Waals surface area contributed by atoms with Crippen LogP contribution < -0.4 is 5.32 Å². The molecule has 26 heavy (non-hydrogen) atoms. The topological polar surface area (TPSA) is 75.3 Å². The maximum Gasteiger partial charge on any atom is 0.157 e. The number of pyridine rings is 1. The van der Waals surface area contributed by atoms with Gasteiger partial charge >= 0.3 is 0 Å². The number of halogens is 1. The number of phenolic OH excluding ortho intramolecular Hbond substituents is 1. The lowest BCUT2D eigenvalue weighted by molar-refractivity contribution is 0.475. The molecule has 0 aliphatic carbocycles. The van der Waals surface area contributed by atoms with Crippen molar-refractivity contribution >= 4 is 11.5 Å². The number of anilines is 1. The lowest BCUT2D eigenvalue weighted by atomic mass is 10.1. The number of rotatable bonds is 5. The van der Waals surface area contributed by atoms with Gasteiger partial charge in [-0.2, -0.15) is 9.61 Å². The van der Waals surface area contributed by atoms with Gasteiger partial charge in [-0.1, -0.05) is 12.1 Å². The van der Waals surface area contributed by atoms with Gasteiger partial charge in [0.15, 0.2) is 5.65 Å². The Kier molecular flexibility index (Phi) is 4.18. The van der Waals surface area contributed by atoms with E-state index in [-0.39, 0.29) is 5.75 Å². The fourth-order valence-corrected chi connectivity index (χ4v) is 2.74. The van der Waals surface area contributed by atoms with Gasteiger partial charge in [0.2, 0.25) is 0 Å². The fourth-order valence-electron chi connectivity index (χ4n) is 2.74. The number of benzene rings is 1. The van der Waals surface area contributed by atoms with E-state index in [1.165, 1.54) is 6.07 Å². The Balaban J connectivity index is 1.59. The molecule has 3 heterocycles. The zero-order valence-electron chi connectivity index (χ0n) is 13.8. The second kappa shape index (κ2) is 6.79. The Hall–Kier alpha value is -3.48. The number of nitrogens with zero attached hydrogens (tertiary/aromatic N) is 4. The molecule has 130 valence electrons. The molecule has 1 aromatic carbocycles. The number of phenols is 1. The molecule has 0 fully saturated rings. The van der Waals surface area contributed by atoms with Crippen LogP contribution >= 0.6 is 0 Å². The molecule has 0 radical (unpaired) electrons. The zero-order valence-corrected chi connectivity index (χ0v) is 13.8. The van der Waals surface area contributed by atoms with Crippen molar-refractivity contribution in [3.05, 3.63) is 72.4 Å². The molecule has 0 bridgehead atoms. The first-order chi connectivity index (χ1) is 12.7. The molecule has 7 heteroatoms. The van der Waals surface area contributed by atoms with Gasteiger partial charge in [0.05, 0.1) is 18.1 Å². The molecule has 0 saturated heterocycles. The van der Waals surface area contributed by atoms with E-state index in [0.29, 0.717) is 23.4 Å². The molecule has 6 nitrogen and oxygen atoms in total. The minimum atomic E-state index is -0.403. The third-order valence-corrected chi connectivity index (χ3v) is 4.02. The van der Waals surface area contributed by atoms with Crippen molar-refractivity contribution in [2.75, 3.05) is 11.9 Å². The molecule has 4 rings (SSSR count). The quantitative estimate of drug-likeness (QED) is 0.578. The summed E-state index contributed by atoms with van der Waals surface area (Å²) in [6, 6.07) is 12.1. The van der Waals surface area contributed by atoms with Crippen molar-refractivity contribution in [3.63, 3.8) is 0 Å². The molecular formula is C19H16FN5O. The summed E-state index contributed by atoms with van der Waals surface area (Å²) < 4.78 is 15.2. The van der Waals surface area contributed by atoms with Crippen molar-refractivity contribution < 1.29 is 9.50 Å². The normalized spacial score (nSPS) is 11.0. The van der Waals surface area contributed by atoms with Gasteiger partial charge in [-0.05, 0) is 30.2 Å². The van der Waals surface area contributed by atoms with Crippen molar-refractivity contribution in [2.24, 2.45) is 0 Å². The number of nitrogens with one attached hydrogen (secondary N) is 1. The third kappa shape index (κ3) is 3.32. The first-order valence-electron chi connectivity index (χ1n) is 8.16. The summed E-state index contributed by atoms with van der Waals surface area (Å²) in [5.41, 5.74) is 3.00. The lowest BCUT2D eigenvalue weighted by Gasteiger charge is -2.11. The fraction of sp³-hybridized carbons (Fsp3) is 0.105. The van der Waals surface area contributed by atoms with Crippen LogP contribution in [-0.2, 0) is 6.42 Å². The van der Waals surface area contributed by atoms with E-state index in [1.807, 2.05) is 18.2 Å². The summed E-state index contributed by atoms with van der Waals surface area (Å²) in [7, 11) is 0. The molecule has 0 spiro atoms. The van der Waals surface area contributed by atoms with E-state index in [2.05, 4.69) is 20.4 Å². The van der Waals surface area contributed by atoms with Crippen LogP contribution in [0.4, 0.5) is 10.2 Å². The van der Waals surface area contributed by atoms with Gasteiger partial charge < -0.3 is 10.4 Å². The molecule has 4 aromatic rings. The summed E-state index contributed by atoms with van der Waals surface area (Å²) in [4.78, 5) is 8.40. The van der Waals surface area contributed by atoms with Gasteiger partial charge in [-0.25, -0.2) is 9.37 Å². The summed E-state index contributed by atoms with van der Waals surface area (Å²) in [6.45, 7) is 0.671. The van der Waals surface area contributed by atoms with Crippen LogP contribution in [0.3, 0.4) is 0 Å². The molecule has 0 saturated carbocycles. The number of fused-ring (bicyclic) bond motifs is 1. The summed E-state index contributed by atoms with van der Waals surface area (Å²) >= 11 is 0. The molecule has 0 unspecified atom stereocenters. The minimum Gasteiger partial charge on any atom is -0.508 e. The maximum atomic E-state index is 13.5. The first kappa shape index (κ1) is 16.0. The van der Waals surface area contributed by atoms with Crippen LogP contribution in [-0.4, -0.2) is 31.2 Å². The number of aromatic hydroxyl groups is 1. The predicted molar refractivity (Wildman–Crippen MR) is 96.5 cm³/mol. The van der Waals surface area contributed by atoms with Crippen LogP contribution in [0, 0.1) is 5.82 Å². The largest absolute Gasteiger partial charge is 0.508 e. The zero-order chi connectivity index (χ0) is 17.9. The number of aromatic nitrogens is 4. The highest BCUT2D eigenvalue weighted by Crippen LogP contribution is 2.22. The minimum absolute atomic E-state index is 0.252. The van der Waals surface area contributed by atoms with Gasteiger partial charge in [0.25, 0.3) is 0 Å². The van der Waals surface area contributed by atoms with Gasteiger partial charge in [0, 0.05) is 30.4 Å². The average molecular weight is 349 g/mol. The monoisotopic (exact) mass is 349 g/mol. The highest BCUT2D eigenvalue weighted by atomic mass is 19.1. The van der Waals surface area contributed by atoms with Crippen LogP contribution in [0.5, 0.6) is 5.75 Å². The van der Waals surface area contributed by atoms with Crippen molar-refractivity contribution in [3.8, 4) is 17.0 Å². The second-order valence-corrected chi connectivity index (χ2v) is 5.86. The molecule has 2 N–H and O–H groups in total. The molecule has 0 aliphatic rings. The summed E-state index contributed by atoms with van der Waals surface area (Å²) in [5, 5.41) is 17.0. The average Bonchev–Trinajstić information content (AvgIpc) is 3.12. The first-order valence-corrected chi connectivity index (χ1v) is 8.16. The molecule has 0 aliphatic heterocycles. The summed E-state index contributed by atoms with van der Waals surface area (Å²) in [6.07, 6.45) is 5.19.